The zero-order valence-electron chi connectivity index (χ0n) is 10.9. The molecule has 0 bridgehead atoms. The quantitative estimate of drug-likeness (QED) is 0.676. The number of hydrogen-bond acceptors (Lipinski definition) is 4. The lowest BCUT2D eigenvalue weighted by Gasteiger charge is -2.35. The van der Waals surface area contributed by atoms with Crippen LogP contribution in [-0.4, -0.2) is 61.2 Å². The summed E-state index contributed by atoms with van der Waals surface area (Å²) in [6, 6.07) is 0.659. The van der Waals surface area contributed by atoms with Gasteiger partial charge in [-0.1, -0.05) is 0 Å². The van der Waals surface area contributed by atoms with Crippen LogP contribution in [0.5, 0.6) is 0 Å². The summed E-state index contributed by atoms with van der Waals surface area (Å²) < 4.78 is 0. The fourth-order valence-corrected chi connectivity index (χ4v) is 2.01. The number of hydrogen-bond donors (Lipinski definition) is 2. The van der Waals surface area contributed by atoms with Crippen molar-refractivity contribution in [2.75, 3.05) is 39.3 Å². The second-order valence-electron chi connectivity index (χ2n) is 5.22. The number of rotatable bonds is 6. The van der Waals surface area contributed by atoms with E-state index in [0.29, 0.717) is 12.1 Å². The van der Waals surface area contributed by atoms with E-state index in [4.69, 9.17) is 11.5 Å². The zero-order valence-corrected chi connectivity index (χ0v) is 10.9. The molecule has 1 aliphatic heterocycles. The first-order chi connectivity index (χ1) is 7.58. The molecule has 0 aromatic carbocycles. The van der Waals surface area contributed by atoms with Crippen LogP contribution >= 0.6 is 0 Å². The molecule has 1 saturated heterocycles. The van der Waals surface area contributed by atoms with Crippen LogP contribution in [-0.2, 0) is 0 Å². The maximum Gasteiger partial charge on any atom is 0.0110 e. The van der Waals surface area contributed by atoms with E-state index in [1.165, 1.54) is 26.2 Å². The van der Waals surface area contributed by atoms with E-state index < -0.39 is 0 Å². The van der Waals surface area contributed by atoms with Gasteiger partial charge in [-0.3, -0.25) is 0 Å². The van der Waals surface area contributed by atoms with Crippen molar-refractivity contribution in [2.45, 2.75) is 38.8 Å². The molecule has 0 aliphatic carbocycles. The van der Waals surface area contributed by atoms with Crippen LogP contribution in [0.1, 0.15) is 26.7 Å². The monoisotopic (exact) mass is 228 g/mol. The Morgan fingerprint density at radius 1 is 0.812 bits per heavy atom. The second-order valence-corrected chi connectivity index (χ2v) is 5.22. The van der Waals surface area contributed by atoms with Gasteiger partial charge in [-0.2, -0.15) is 0 Å². The van der Waals surface area contributed by atoms with Crippen LogP contribution in [0, 0.1) is 0 Å². The molecule has 4 N–H and O–H groups in total. The fraction of sp³-hybridized carbons (Fsp3) is 1.00. The Balaban J connectivity index is 2.09. The lowest BCUT2D eigenvalue weighted by Crippen LogP contribution is -2.47. The first kappa shape index (κ1) is 13.9. The molecule has 0 radical (unpaired) electrons. The van der Waals surface area contributed by atoms with E-state index >= 15 is 0 Å². The molecule has 0 saturated carbocycles. The van der Waals surface area contributed by atoms with Gasteiger partial charge in [0.2, 0.25) is 0 Å². The van der Waals surface area contributed by atoms with E-state index in [2.05, 4.69) is 23.6 Å². The zero-order chi connectivity index (χ0) is 12.0. The van der Waals surface area contributed by atoms with Gasteiger partial charge in [0, 0.05) is 38.3 Å². The van der Waals surface area contributed by atoms with Crippen molar-refractivity contribution >= 4 is 0 Å². The van der Waals surface area contributed by atoms with Gasteiger partial charge in [0.15, 0.2) is 0 Å². The third-order valence-electron chi connectivity index (χ3n) is 3.27. The third kappa shape index (κ3) is 5.80. The Bertz CT molecular complexity index is 154. The Labute approximate surface area is 99.9 Å². The first-order valence-electron chi connectivity index (χ1n) is 6.54. The Kier molecular flexibility index (Phi) is 6.28. The fourth-order valence-electron chi connectivity index (χ4n) is 2.01. The van der Waals surface area contributed by atoms with E-state index in [1.54, 1.807) is 0 Å². The highest BCUT2D eigenvalue weighted by atomic mass is 15.3. The molecule has 0 spiro atoms. The molecule has 0 aromatic heterocycles. The molecule has 96 valence electrons. The van der Waals surface area contributed by atoms with Gasteiger partial charge >= 0.3 is 0 Å². The van der Waals surface area contributed by atoms with Crippen molar-refractivity contribution < 1.29 is 0 Å². The number of piperazine rings is 1. The minimum absolute atomic E-state index is 0.330. The summed E-state index contributed by atoms with van der Waals surface area (Å²) >= 11 is 0. The largest absolute Gasteiger partial charge is 0.328 e. The topological polar surface area (TPSA) is 58.5 Å². The van der Waals surface area contributed by atoms with Gasteiger partial charge in [-0.25, -0.2) is 0 Å². The molecule has 4 nitrogen and oxygen atoms in total. The van der Waals surface area contributed by atoms with Crippen LogP contribution in [0.2, 0.25) is 0 Å². The van der Waals surface area contributed by atoms with Crippen LogP contribution in [0.3, 0.4) is 0 Å². The lowest BCUT2D eigenvalue weighted by atomic mass is 10.2. The molecular weight excluding hydrogens is 200 g/mol. The Hall–Kier alpha value is -0.160. The van der Waals surface area contributed by atoms with Gasteiger partial charge < -0.3 is 21.3 Å². The van der Waals surface area contributed by atoms with Crippen molar-refractivity contribution in [3.63, 3.8) is 0 Å². The minimum atomic E-state index is 0.330. The Morgan fingerprint density at radius 2 is 1.12 bits per heavy atom. The summed E-state index contributed by atoms with van der Waals surface area (Å²) in [6.07, 6.45) is 2.22. The summed E-state index contributed by atoms with van der Waals surface area (Å²) in [7, 11) is 0. The summed E-state index contributed by atoms with van der Waals surface area (Å²) in [5.41, 5.74) is 11.5. The average molecular weight is 228 g/mol. The van der Waals surface area contributed by atoms with Gasteiger partial charge in [0.1, 0.15) is 0 Å². The molecule has 16 heavy (non-hydrogen) atoms. The van der Waals surface area contributed by atoms with Crippen molar-refractivity contribution in [1.82, 2.24) is 9.80 Å². The van der Waals surface area contributed by atoms with Gasteiger partial charge in [-0.15, -0.1) is 0 Å². The molecule has 1 rings (SSSR count). The van der Waals surface area contributed by atoms with E-state index in [-0.39, 0.29) is 0 Å². The van der Waals surface area contributed by atoms with Crippen LogP contribution < -0.4 is 11.5 Å². The Morgan fingerprint density at radius 3 is 1.38 bits per heavy atom. The molecular formula is C12H28N4. The van der Waals surface area contributed by atoms with Gasteiger partial charge in [0.25, 0.3) is 0 Å². The summed E-state index contributed by atoms with van der Waals surface area (Å²) in [6.45, 7) is 11.2. The standard InChI is InChI=1S/C12H28N4/c1-11(13)3-5-15-7-9-16(10-8-15)6-4-12(2)14/h11-12H,3-10,13-14H2,1-2H3. The molecule has 4 heteroatoms. The van der Waals surface area contributed by atoms with Crippen molar-refractivity contribution in [1.29, 1.82) is 0 Å². The summed E-state index contributed by atoms with van der Waals surface area (Å²) in [5.74, 6) is 0. The van der Waals surface area contributed by atoms with Gasteiger partial charge in [-0.05, 0) is 39.8 Å². The number of nitrogens with zero attached hydrogens (tertiary/aromatic N) is 2. The highest BCUT2D eigenvalue weighted by molar-refractivity contribution is 4.73. The predicted molar refractivity (Wildman–Crippen MR) is 69.4 cm³/mol. The molecule has 2 unspecified atom stereocenters. The average Bonchev–Trinajstić information content (AvgIpc) is 2.25. The lowest BCUT2D eigenvalue weighted by molar-refractivity contribution is 0.127. The summed E-state index contributed by atoms with van der Waals surface area (Å²) in [4.78, 5) is 5.04. The van der Waals surface area contributed by atoms with Gasteiger partial charge in [0.05, 0.1) is 0 Å². The second kappa shape index (κ2) is 7.22. The maximum absolute atomic E-state index is 5.77. The van der Waals surface area contributed by atoms with Crippen molar-refractivity contribution in [3.8, 4) is 0 Å². The molecule has 0 amide bonds. The summed E-state index contributed by atoms with van der Waals surface area (Å²) in [5, 5.41) is 0. The molecule has 0 aromatic rings. The smallest absolute Gasteiger partial charge is 0.0110 e. The van der Waals surface area contributed by atoms with Crippen LogP contribution in [0.4, 0.5) is 0 Å². The van der Waals surface area contributed by atoms with E-state index in [9.17, 15) is 0 Å². The van der Waals surface area contributed by atoms with Crippen LogP contribution in [0.15, 0.2) is 0 Å². The molecule has 1 fully saturated rings. The molecule has 1 aliphatic rings. The normalized spacial score (nSPS) is 23.2. The third-order valence-corrected chi connectivity index (χ3v) is 3.27. The van der Waals surface area contributed by atoms with Crippen molar-refractivity contribution in [3.05, 3.63) is 0 Å². The maximum atomic E-state index is 5.77. The first-order valence-corrected chi connectivity index (χ1v) is 6.54. The van der Waals surface area contributed by atoms with E-state index in [0.717, 1.165) is 25.9 Å². The molecule has 2 atom stereocenters. The number of nitrogens with two attached hydrogens (primary N) is 2. The van der Waals surface area contributed by atoms with E-state index in [1.807, 2.05) is 0 Å². The van der Waals surface area contributed by atoms with Crippen LogP contribution in [0.25, 0.3) is 0 Å². The molecule has 1 heterocycles. The predicted octanol–water partition coefficient (Wildman–Crippen LogP) is 0.0786. The highest BCUT2D eigenvalue weighted by Gasteiger charge is 2.16. The highest BCUT2D eigenvalue weighted by Crippen LogP contribution is 2.04. The minimum Gasteiger partial charge on any atom is -0.328 e. The SMILES string of the molecule is CC(N)CCN1CCN(CCC(C)N)CC1. The van der Waals surface area contributed by atoms with Crippen molar-refractivity contribution in [2.24, 2.45) is 11.5 Å².